The van der Waals surface area contributed by atoms with Gasteiger partial charge in [0.15, 0.2) is 11.6 Å². The van der Waals surface area contributed by atoms with Gasteiger partial charge in [0.05, 0.1) is 11.8 Å². The first-order valence-electron chi connectivity index (χ1n) is 12.0. The number of aromatic nitrogens is 1. The van der Waals surface area contributed by atoms with E-state index in [0.29, 0.717) is 11.7 Å². The monoisotopic (exact) mass is 465 g/mol. The Morgan fingerprint density at radius 3 is 2.41 bits per heavy atom. The average Bonchev–Trinajstić information content (AvgIpc) is 2.86. The van der Waals surface area contributed by atoms with Gasteiger partial charge in [-0.05, 0) is 56.4 Å². The van der Waals surface area contributed by atoms with Crippen molar-refractivity contribution >= 4 is 6.08 Å². The van der Waals surface area contributed by atoms with Crippen molar-refractivity contribution in [3.63, 3.8) is 0 Å². The highest BCUT2D eigenvalue weighted by Gasteiger charge is 2.14. The topological polar surface area (TPSA) is 42.4 Å². The molecule has 0 aliphatic carbocycles. The van der Waals surface area contributed by atoms with Crippen molar-refractivity contribution in [3.05, 3.63) is 78.0 Å². The normalized spacial score (nSPS) is 12.4. The van der Waals surface area contributed by atoms with Crippen molar-refractivity contribution in [2.45, 2.75) is 58.5 Å². The maximum absolute atomic E-state index is 14.1. The molecule has 3 rings (SSSR count). The molecular weight excluding hydrogens is 432 g/mol. The summed E-state index contributed by atoms with van der Waals surface area (Å²) in [4.78, 5) is 4.40. The van der Waals surface area contributed by atoms with Crippen LogP contribution in [0.4, 0.5) is 8.78 Å². The van der Waals surface area contributed by atoms with E-state index in [1.807, 2.05) is 24.3 Å². The number of hydrogen-bond acceptors (Lipinski definition) is 3. The maximum Gasteiger partial charge on any atom is 0.200 e. The third-order valence-corrected chi connectivity index (χ3v) is 5.78. The van der Waals surface area contributed by atoms with Crippen LogP contribution < -0.4 is 0 Å². The van der Waals surface area contributed by atoms with Gasteiger partial charge in [0.1, 0.15) is 0 Å². The van der Waals surface area contributed by atoms with Crippen LogP contribution in [0.3, 0.4) is 0 Å². The van der Waals surface area contributed by atoms with E-state index >= 15 is 0 Å². The fraction of sp³-hybridized carbons (Fsp3) is 0.345. The standard InChI is InChI=1S/C29H33F2NO2/c1-3-4-8-19-34-21(2)9-6-5-7-10-22-11-13-23(14-12-22)26-17-15-24(20-32-26)25-16-18-27(33)29(31)28(25)30/h7,10-18,20-21,33H,3-6,8-9,19H2,1-2H3. The van der Waals surface area contributed by atoms with E-state index < -0.39 is 17.4 Å². The summed E-state index contributed by atoms with van der Waals surface area (Å²) >= 11 is 0. The van der Waals surface area contributed by atoms with Gasteiger partial charge in [-0.3, -0.25) is 4.98 Å². The van der Waals surface area contributed by atoms with Crippen molar-refractivity contribution in [3.8, 4) is 28.1 Å². The molecule has 3 nitrogen and oxygen atoms in total. The van der Waals surface area contributed by atoms with E-state index in [1.165, 1.54) is 25.1 Å². The highest BCUT2D eigenvalue weighted by Crippen LogP contribution is 2.29. The first-order valence-corrected chi connectivity index (χ1v) is 12.0. The number of phenols is 1. The summed E-state index contributed by atoms with van der Waals surface area (Å²) in [5.74, 6) is -3.04. The fourth-order valence-electron chi connectivity index (χ4n) is 3.71. The molecule has 1 atom stereocenters. The minimum Gasteiger partial charge on any atom is -0.505 e. The lowest BCUT2D eigenvalue weighted by atomic mass is 10.0. The Hall–Kier alpha value is -3.05. The third-order valence-electron chi connectivity index (χ3n) is 5.78. The first kappa shape index (κ1) is 25.6. The van der Waals surface area contributed by atoms with Crippen LogP contribution in [0.25, 0.3) is 28.5 Å². The molecule has 2 aromatic carbocycles. The second kappa shape index (κ2) is 13.0. The van der Waals surface area contributed by atoms with E-state index in [1.54, 1.807) is 12.1 Å². The Balaban J connectivity index is 1.50. The number of aromatic hydroxyl groups is 1. The first-order chi connectivity index (χ1) is 16.5. The number of pyridine rings is 1. The third kappa shape index (κ3) is 7.22. The van der Waals surface area contributed by atoms with E-state index in [4.69, 9.17) is 4.74 Å². The van der Waals surface area contributed by atoms with Gasteiger partial charge in [0, 0.05) is 29.5 Å². The Morgan fingerprint density at radius 2 is 1.71 bits per heavy atom. The van der Waals surface area contributed by atoms with Gasteiger partial charge < -0.3 is 9.84 Å². The lowest BCUT2D eigenvalue weighted by Gasteiger charge is -2.12. The Bertz CT molecular complexity index is 1060. The smallest absolute Gasteiger partial charge is 0.200 e. The molecule has 0 radical (unpaired) electrons. The molecule has 0 bridgehead atoms. The molecule has 0 fully saturated rings. The maximum atomic E-state index is 14.1. The van der Waals surface area contributed by atoms with Crippen LogP contribution in [0.15, 0.2) is 60.8 Å². The predicted octanol–water partition coefficient (Wildman–Crippen LogP) is 8.18. The molecule has 0 aliphatic rings. The van der Waals surface area contributed by atoms with Crippen LogP contribution in [-0.4, -0.2) is 22.8 Å². The predicted molar refractivity (Wildman–Crippen MR) is 135 cm³/mol. The quantitative estimate of drug-likeness (QED) is 0.274. The molecule has 3 aromatic rings. The van der Waals surface area contributed by atoms with E-state index in [9.17, 15) is 13.9 Å². The number of benzene rings is 2. The zero-order valence-electron chi connectivity index (χ0n) is 19.9. The van der Waals surface area contributed by atoms with Crippen LogP contribution in [0.2, 0.25) is 0 Å². The van der Waals surface area contributed by atoms with E-state index in [0.717, 1.165) is 55.2 Å². The van der Waals surface area contributed by atoms with Crippen molar-refractivity contribution in [1.29, 1.82) is 0 Å². The van der Waals surface area contributed by atoms with Crippen molar-refractivity contribution in [2.24, 2.45) is 0 Å². The average molecular weight is 466 g/mol. The van der Waals surface area contributed by atoms with Crippen LogP contribution in [0, 0.1) is 11.6 Å². The van der Waals surface area contributed by atoms with E-state index in [2.05, 4.69) is 31.0 Å². The number of phenolic OH excluding ortho intramolecular Hbond substituents is 1. The number of unbranched alkanes of at least 4 members (excludes halogenated alkanes) is 3. The summed E-state index contributed by atoms with van der Waals surface area (Å²) in [5.41, 5.74) is 3.31. The van der Waals surface area contributed by atoms with Gasteiger partial charge >= 0.3 is 0 Å². The number of hydrogen-bond donors (Lipinski definition) is 1. The fourth-order valence-corrected chi connectivity index (χ4v) is 3.71. The van der Waals surface area contributed by atoms with Gasteiger partial charge in [0.25, 0.3) is 0 Å². The summed E-state index contributed by atoms with van der Waals surface area (Å²) in [7, 11) is 0. The molecule has 0 aliphatic heterocycles. The second-order valence-electron chi connectivity index (χ2n) is 8.54. The zero-order chi connectivity index (χ0) is 24.3. The molecule has 1 aromatic heterocycles. The molecule has 0 spiro atoms. The molecule has 1 N–H and O–H groups in total. The molecule has 1 heterocycles. The van der Waals surface area contributed by atoms with Crippen molar-refractivity contribution in [2.75, 3.05) is 6.61 Å². The summed E-state index contributed by atoms with van der Waals surface area (Å²) in [6.45, 7) is 5.21. The lowest BCUT2D eigenvalue weighted by molar-refractivity contribution is 0.0566. The lowest BCUT2D eigenvalue weighted by Crippen LogP contribution is -2.08. The molecular formula is C29H33F2NO2. The van der Waals surface area contributed by atoms with Gasteiger partial charge in [0.2, 0.25) is 5.82 Å². The van der Waals surface area contributed by atoms with Gasteiger partial charge in [-0.1, -0.05) is 62.2 Å². The summed E-state index contributed by atoms with van der Waals surface area (Å²) < 4.78 is 33.6. The van der Waals surface area contributed by atoms with Crippen LogP contribution >= 0.6 is 0 Å². The molecule has 5 heteroatoms. The summed E-state index contributed by atoms with van der Waals surface area (Å²) in [6, 6.07) is 14.0. The second-order valence-corrected chi connectivity index (χ2v) is 8.54. The van der Waals surface area contributed by atoms with Crippen LogP contribution in [-0.2, 0) is 4.74 Å². The number of allylic oxidation sites excluding steroid dienone is 1. The summed E-state index contributed by atoms with van der Waals surface area (Å²) in [5, 5.41) is 9.29. The number of nitrogens with zero attached hydrogens (tertiary/aromatic N) is 1. The van der Waals surface area contributed by atoms with E-state index in [-0.39, 0.29) is 5.56 Å². The van der Waals surface area contributed by atoms with Crippen molar-refractivity contribution in [1.82, 2.24) is 4.98 Å². The Morgan fingerprint density at radius 1 is 0.941 bits per heavy atom. The Kier molecular flexibility index (Phi) is 9.77. The minimum atomic E-state index is -1.25. The number of halogens is 2. The van der Waals surface area contributed by atoms with Gasteiger partial charge in [-0.25, -0.2) is 4.39 Å². The highest BCUT2D eigenvalue weighted by atomic mass is 19.2. The van der Waals surface area contributed by atoms with Crippen molar-refractivity contribution < 1.29 is 18.6 Å². The molecule has 0 saturated heterocycles. The zero-order valence-corrected chi connectivity index (χ0v) is 19.9. The SMILES string of the molecule is CCCCCOC(C)CCCC=Cc1ccc(-c2ccc(-c3ccc(O)c(F)c3F)cn2)cc1. The molecule has 0 saturated carbocycles. The minimum absolute atomic E-state index is 0.0623. The number of ether oxygens (including phenoxy) is 1. The molecule has 1 unspecified atom stereocenters. The van der Waals surface area contributed by atoms with Crippen LogP contribution in [0.1, 0.15) is 57.9 Å². The molecule has 180 valence electrons. The molecule has 34 heavy (non-hydrogen) atoms. The highest BCUT2D eigenvalue weighted by molar-refractivity contribution is 5.68. The van der Waals surface area contributed by atoms with Crippen LogP contribution in [0.5, 0.6) is 5.75 Å². The van der Waals surface area contributed by atoms with Gasteiger partial charge in [-0.15, -0.1) is 0 Å². The number of rotatable bonds is 12. The largest absolute Gasteiger partial charge is 0.505 e. The summed E-state index contributed by atoms with van der Waals surface area (Å²) in [6.07, 6.45) is 12.9. The Labute approximate surface area is 201 Å². The van der Waals surface area contributed by atoms with Gasteiger partial charge in [-0.2, -0.15) is 4.39 Å². The molecule has 0 amide bonds.